The van der Waals surface area contributed by atoms with Crippen LogP contribution in [0.15, 0.2) is 42.9 Å². The molecule has 0 atom stereocenters. The van der Waals surface area contributed by atoms with E-state index in [1.54, 1.807) is 24.3 Å². The van der Waals surface area contributed by atoms with Gasteiger partial charge in [-0.05, 0) is 5.56 Å². The molecule has 2 aromatic rings. The first-order valence-electron chi connectivity index (χ1n) is 4.42. The van der Waals surface area contributed by atoms with Crippen LogP contribution in [0.2, 0.25) is 0 Å². The quantitative estimate of drug-likeness (QED) is 0.754. The lowest BCUT2D eigenvalue weighted by Gasteiger charge is -2.06. The zero-order chi connectivity index (χ0) is 10.7. The fourth-order valence-corrected chi connectivity index (χ4v) is 1.35. The highest BCUT2D eigenvalue weighted by Gasteiger charge is 2.15. The molecule has 1 aromatic carbocycles. The first kappa shape index (κ1) is 9.71. The fourth-order valence-electron chi connectivity index (χ4n) is 1.35. The van der Waals surface area contributed by atoms with E-state index in [0.29, 0.717) is 11.1 Å². The van der Waals surface area contributed by atoms with Gasteiger partial charge in [0, 0.05) is 11.8 Å². The Balaban J connectivity index is 2.53. The molecule has 0 N–H and O–H groups in total. The van der Waals surface area contributed by atoms with E-state index >= 15 is 0 Å². The van der Waals surface area contributed by atoms with Crippen molar-refractivity contribution in [2.24, 2.45) is 0 Å². The molecule has 0 aliphatic carbocycles. The van der Waals surface area contributed by atoms with E-state index in [9.17, 15) is 8.78 Å². The highest BCUT2D eigenvalue weighted by atomic mass is 19.3. The van der Waals surface area contributed by atoms with Crippen molar-refractivity contribution in [3.63, 3.8) is 0 Å². The topological polar surface area (TPSA) is 25.8 Å². The van der Waals surface area contributed by atoms with Crippen LogP contribution in [0.1, 0.15) is 12.1 Å². The van der Waals surface area contributed by atoms with Crippen LogP contribution in [-0.2, 0) is 0 Å². The average Bonchev–Trinajstić information content (AvgIpc) is 2.30. The van der Waals surface area contributed by atoms with Crippen LogP contribution >= 0.6 is 0 Å². The maximum Gasteiger partial charge on any atom is 0.281 e. The van der Waals surface area contributed by atoms with Crippen molar-refractivity contribution in [3.8, 4) is 11.1 Å². The first-order chi connectivity index (χ1) is 7.29. The summed E-state index contributed by atoms with van der Waals surface area (Å²) in [7, 11) is 0. The summed E-state index contributed by atoms with van der Waals surface area (Å²) < 4.78 is 25.2. The van der Waals surface area contributed by atoms with Crippen molar-refractivity contribution in [1.82, 2.24) is 9.97 Å². The Morgan fingerprint density at radius 2 is 1.80 bits per heavy atom. The summed E-state index contributed by atoms with van der Waals surface area (Å²) in [4.78, 5) is 7.35. The van der Waals surface area contributed by atoms with Gasteiger partial charge >= 0.3 is 0 Å². The smallest absolute Gasteiger partial charge is 0.244 e. The lowest BCUT2D eigenvalue weighted by molar-refractivity contribution is 0.146. The molecule has 0 amide bonds. The Morgan fingerprint density at radius 1 is 1.07 bits per heavy atom. The number of aromatic nitrogens is 2. The molecule has 0 spiro atoms. The summed E-state index contributed by atoms with van der Waals surface area (Å²) in [5.41, 5.74) is 0.859. The number of hydrogen-bond acceptors (Lipinski definition) is 2. The Kier molecular flexibility index (Phi) is 2.67. The maximum absolute atomic E-state index is 12.6. The van der Waals surface area contributed by atoms with Crippen molar-refractivity contribution >= 4 is 0 Å². The third kappa shape index (κ3) is 1.98. The van der Waals surface area contributed by atoms with E-state index in [-0.39, 0.29) is 5.69 Å². The van der Waals surface area contributed by atoms with Crippen LogP contribution in [0, 0.1) is 0 Å². The van der Waals surface area contributed by atoms with Crippen LogP contribution < -0.4 is 0 Å². The number of alkyl halides is 2. The summed E-state index contributed by atoms with van der Waals surface area (Å²) in [6.45, 7) is 0. The number of nitrogens with zero attached hydrogens (tertiary/aromatic N) is 2. The molecule has 2 rings (SSSR count). The predicted octanol–water partition coefficient (Wildman–Crippen LogP) is 3.08. The summed E-state index contributed by atoms with van der Waals surface area (Å²) in [5, 5.41) is 0. The Labute approximate surface area is 85.6 Å². The SMILES string of the molecule is FC(F)c1ncncc1-c1ccccc1. The third-order valence-corrected chi connectivity index (χ3v) is 2.03. The molecule has 0 bridgehead atoms. The number of benzene rings is 1. The normalized spacial score (nSPS) is 10.6. The van der Waals surface area contributed by atoms with Gasteiger partial charge in [0.05, 0.1) is 0 Å². The number of hydrogen-bond donors (Lipinski definition) is 0. The van der Waals surface area contributed by atoms with Crippen molar-refractivity contribution in [1.29, 1.82) is 0 Å². The van der Waals surface area contributed by atoms with Crippen molar-refractivity contribution in [2.45, 2.75) is 6.43 Å². The van der Waals surface area contributed by atoms with Crippen LogP contribution in [0.5, 0.6) is 0 Å². The van der Waals surface area contributed by atoms with E-state index in [1.807, 2.05) is 6.07 Å². The standard InChI is InChI=1S/C11H8F2N2/c12-11(13)10-9(6-14-7-15-10)8-4-2-1-3-5-8/h1-7,11H. The van der Waals surface area contributed by atoms with Crippen molar-refractivity contribution < 1.29 is 8.78 Å². The summed E-state index contributed by atoms with van der Waals surface area (Å²) >= 11 is 0. The molecule has 1 heterocycles. The van der Waals surface area contributed by atoms with Gasteiger partial charge in [0.15, 0.2) is 0 Å². The molecule has 0 aliphatic heterocycles. The minimum Gasteiger partial charge on any atom is -0.244 e. The Morgan fingerprint density at radius 3 is 2.47 bits per heavy atom. The molecule has 0 radical (unpaired) electrons. The predicted molar refractivity (Wildman–Crippen MR) is 52.4 cm³/mol. The van der Waals surface area contributed by atoms with E-state index in [1.165, 1.54) is 6.20 Å². The lowest BCUT2D eigenvalue weighted by Crippen LogP contribution is -1.95. The second-order valence-corrected chi connectivity index (χ2v) is 2.99. The van der Waals surface area contributed by atoms with E-state index in [0.717, 1.165) is 6.33 Å². The molecule has 0 aliphatic rings. The molecule has 4 heteroatoms. The number of halogens is 2. The average molecular weight is 206 g/mol. The van der Waals surface area contributed by atoms with Gasteiger partial charge in [-0.3, -0.25) is 0 Å². The van der Waals surface area contributed by atoms with Gasteiger partial charge in [0.1, 0.15) is 12.0 Å². The van der Waals surface area contributed by atoms with Crippen molar-refractivity contribution in [2.75, 3.05) is 0 Å². The first-order valence-corrected chi connectivity index (χ1v) is 4.42. The summed E-state index contributed by atoms with van der Waals surface area (Å²) in [5.74, 6) is 0. The lowest BCUT2D eigenvalue weighted by atomic mass is 10.1. The Hall–Kier alpha value is -1.84. The third-order valence-electron chi connectivity index (χ3n) is 2.03. The van der Waals surface area contributed by atoms with Gasteiger partial charge in [-0.25, -0.2) is 18.7 Å². The van der Waals surface area contributed by atoms with E-state index in [2.05, 4.69) is 9.97 Å². The van der Waals surface area contributed by atoms with Gasteiger partial charge in [0.25, 0.3) is 6.43 Å². The monoisotopic (exact) mass is 206 g/mol. The molecule has 0 saturated carbocycles. The molecule has 2 nitrogen and oxygen atoms in total. The summed E-state index contributed by atoms with van der Waals surface area (Å²) in [6.07, 6.45) is -0.0409. The highest BCUT2D eigenvalue weighted by molar-refractivity contribution is 5.64. The molecule has 0 unspecified atom stereocenters. The summed E-state index contributed by atoms with van der Waals surface area (Å²) in [6, 6.07) is 8.92. The maximum atomic E-state index is 12.6. The van der Waals surface area contributed by atoms with Crippen LogP contribution in [0.4, 0.5) is 8.78 Å². The number of rotatable bonds is 2. The molecule has 0 fully saturated rings. The molecule has 1 aromatic heterocycles. The van der Waals surface area contributed by atoms with Gasteiger partial charge in [0.2, 0.25) is 0 Å². The Bertz CT molecular complexity index is 443. The highest BCUT2D eigenvalue weighted by Crippen LogP contribution is 2.27. The van der Waals surface area contributed by atoms with E-state index < -0.39 is 6.43 Å². The molecular formula is C11H8F2N2. The van der Waals surface area contributed by atoms with E-state index in [4.69, 9.17) is 0 Å². The fraction of sp³-hybridized carbons (Fsp3) is 0.0909. The van der Waals surface area contributed by atoms with Gasteiger partial charge in [-0.2, -0.15) is 0 Å². The second-order valence-electron chi connectivity index (χ2n) is 2.99. The molecular weight excluding hydrogens is 198 g/mol. The van der Waals surface area contributed by atoms with Crippen molar-refractivity contribution in [3.05, 3.63) is 48.5 Å². The molecule has 0 saturated heterocycles. The minimum atomic E-state index is -2.58. The van der Waals surface area contributed by atoms with Gasteiger partial charge in [-0.15, -0.1) is 0 Å². The minimum absolute atomic E-state index is 0.226. The van der Waals surface area contributed by atoms with Crippen LogP contribution in [0.25, 0.3) is 11.1 Å². The van der Waals surface area contributed by atoms with Crippen LogP contribution in [0.3, 0.4) is 0 Å². The largest absolute Gasteiger partial charge is 0.281 e. The second kappa shape index (κ2) is 4.13. The molecule has 76 valence electrons. The molecule has 15 heavy (non-hydrogen) atoms. The van der Waals surface area contributed by atoms with Gasteiger partial charge < -0.3 is 0 Å². The zero-order valence-corrected chi connectivity index (χ0v) is 7.77. The zero-order valence-electron chi connectivity index (χ0n) is 7.77. The van der Waals surface area contributed by atoms with Gasteiger partial charge in [-0.1, -0.05) is 30.3 Å². The van der Waals surface area contributed by atoms with Crippen LogP contribution in [-0.4, -0.2) is 9.97 Å².